The molecule has 1 atom stereocenters. The maximum absolute atomic E-state index is 13.7. The van der Waals surface area contributed by atoms with E-state index in [-0.39, 0.29) is 5.75 Å². The Kier molecular flexibility index (Phi) is 3.79. The van der Waals surface area contributed by atoms with E-state index in [4.69, 9.17) is 4.74 Å². The maximum atomic E-state index is 13.7. The Labute approximate surface area is 115 Å². The highest BCUT2D eigenvalue weighted by molar-refractivity contribution is 5.91. The third-order valence-corrected chi connectivity index (χ3v) is 3.36. The van der Waals surface area contributed by atoms with Crippen LogP contribution in [0.3, 0.4) is 0 Å². The lowest BCUT2D eigenvalue weighted by Crippen LogP contribution is -2.11. The molecule has 1 unspecified atom stereocenters. The zero-order valence-electron chi connectivity index (χ0n) is 11.4. The number of carbonyl (C=O) groups is 1. The molecule has 0 aliphatic rings. The molecule has 5 heteroatoms. The summed E-state index contributed by atoms with van der Waals surface area (Å²) in [5.41, 5.74) is 1.92. The Hall–Kier alpha value is -2.30. The molecule has 2 rings (SSSR count). The summed E-state index contributed by atoms with van der Waals surface area (Å²) in [6, 6.07) is 2.85. The lowest BCUT2D eigenvalue weighted by atomic mass is 9.93. The monoisotopic (exact) mass is 277 g/mol. The van der Waals surface area contributed by atoms with E-state index in [1.807, 2.05) is 0 Å². The maximum Gasteiger partial charge on any atom is 0.311 e. The number of aromatic nitrogens is 1. The minimum absolute atomic E-state index is 0.0977. The van der Waals surface area contributed by atoms with E-state index < -0.39 is 17.7 Å². The topological polar surface area (TPSA) is 62.3 Å². The molecule has 0 fully saturated rings. The van der Waals surface area contributed by atoms with Crippen molar-refractivity contribution in [3.05, 3.63) is 41.9 Å². The molecule has 0 amide bonds. The quantitative estimate of drug-likeness (QED) is 0.824. The molecule has 20 heavy (non-hydrogen) atoms. The van der Waals surface area contributed by atoms with Crippen LogP contribution < -0.4 is 4.74 Å². The zero-order chi connectivity index (χ0) is 14.9. The van der Waals surface area contributed by atoms with Crippen molar-refractivity contribution in [2.24, 2.45) is 0 Å². The van der Waals surface area contributed by atoms with Crippen LogP contribution in [0.25, 0.3) is 10.9 Å². The molecule has 0 aliphatic heterocycles. The fraction of sp³-hybridized carbons (Fsp3) is 0.267. The summed E-state index contributed by atoms with van der Waals surface area (Å²) in [6.07, 6.45) is 1.88. The molecule has 106 valence electrons. The van der Waals surface area contributed by atoms with Gasteiger partial charge in [0.1, 0.15) is 0 Å². The number of ether oxygens (including phenoxy) is 1. The summed E-state index contributed by atoms with van der Waals surface area (Å²) in [4.78, 5) is 14.5. The van der Waals surface area contributed by atoms with Gasteiger partial charge in [-0.2, -0.15) is 0 Å². The van der Waals surface area contributed by atoms with Crippen LogP contribution in [0.5, 0.6) is 5.75 Å². The highest BCUT2D eigenvalue weighted by Gasteiger charge is 2.25. The van der Waals surface area contributed by atoms with Gasteiger partial charge in [-0.1, -0.05) is 6.08 Å². The van der Waals surface area contributed by atoms with E-state index in [9.17, 15) is 14.3 Å². The lowest BCUT2D eigenvalue weighted by molar-refractivity contribution is -0.138. The molecular formula is C15H16FNO3. The normalized spacial score (nSPS) is 12.3. The number of nitrogens with one attached hydrogen (secondary N) is 1. The average Bonchev–Trinajstić information content (AvgIpc) is 2.69. The molecule has 0 saturated heterocycles. The molecule has 0 aliphatic carbocycles. The number of fused-ring (bicyclic) bond motifs is 1. The Bertz CT molecular complexity index is 675. The molecule has 0 bridgehead atoms. The third-order valence-electron chi connectivity index (χ3n) is 3.36. The fourth-order valence-electron chi connectivity index (χ4n) is 2.47. The summed E-state index contributed by atoms with van der Waals surface area (Å²) >= 11 is 0. The Morgan fingerprint density at radius 3 is 2.85 bits per heavy atom. The van der Waals surface area contributed by atoms with Gasteiger partial charge in [0.2, 0.25) is 0 Å². The van der Waals surface area contributed by atoms with E-state index in [0.29, 0.717) is 28.6 Å². The van der Waals surface area contributed by atoms with Gasteiger partial charge >= 0.3 is 5.97 Å². The number of aryl methyl sites for hydroxylation is 1. The first-order valence-electron chi connectivity index (χ1n) is 6.19. The summed E-state index contributed by atoms with van der Waals surface area (Å²) in [7, 11) is 1.38. The van der Waals surface area contributed by atoms with Crippen molar-refractivity contribution < 1.29 is 19.0 Å². The molecule has 2 N–H and O–H groups in total. The van der Waals surface area contributed by atoms with E-state index in [0.717, 1.165) is 0 Å². The van der Waals surface area contributed by atoms with Crippen LogP contribution >= 0.6 is 0 Å². The number of allylic oxidation sites excluding steroid dienone is 1. The first-order chi connectivity index (χ1) is 9.49. The van der Waals surface area contributed by atoms with Gasteiger partial charge in [0.25, 0.3) is 0 Å². The highest BCUT2D eigenvalue weighted by atomic mass is 19.1. The number of rotatable bonds is 5. The van der Waals surface area contributed by atoms with Crippen molar-refractivity contribution in [3.63, 3.8) is 0 Å². The number of benzene rings is 1. The van der Waals surface area contributed by atoms with Crippen LogP contribution in [-0.2, 0) is 4.79 Å². The molecule has 0 spiro atoms. The van der Waals surface area contributed by atoms with Crippen molar-refractivity contribution >= 4 is 16.9 Å². The second kappa shape index (κ2) is 5.36. The molecule has 2 aromatic rings. The third kappa shape index (κ3) is 2.27. The van der Waals surface area contributed by atoms with Crippen LogP contribution in [0.1, 0.15) is 23.6 Å². The van der Waals surface area contributed by atoms with Crippen molar-refractivity contribution in [2.45, 2.75) is 19.3 Å². The van der Waals surface area contributed by atoms with Gasteiger partial charge in [0.15, 0.2) is 11.6 Å². The van der Waals surface area contributed by atoms with Gasteiger partial charge in [-0.05, 0) is 25.0 Å². The van der Waals surface area contributed by atoms with Gasteiger partial charge in [-0.25, -0.2) is 4.39 Å². The molecule has 0 saturated carbocycles. The van der Waals surface area contributed by atoms with Crippen LogP contribution in [0.15, 0.2) is 24.8 Å². The van der Waals surface area contributed by atoms with Crippen molar-refractivity contribution in [1.29, 1.82) is 0 Å². The Balaban J connectivity index is 2.71. The standard InChI is InChI=1S/C15H16FNO3/c1-4-5-9(15(18)19)14-8(2)17-12-7-11(16)13(20-3)6-10(12)14/h4,6-7,9,17H,1,5H2,2-3H3,(H,18,19). The highest BCUT2D eigenvalue weighted by Crippen LogP contribution is 2.34. The second-order valence-electron chi connectivity index (χ2n) is 4.61. The minimum atomic E-state index is -0.933. The Morgan fingerprint density at radius 2 is 2.30 bits per heavy atom. The number of carboxylic acids is 1. The Morgan fingerprint density at radius 1 is 1.60 bits per heavy atom. The molecule has 1 aromatic carbocycles. The van der Waals surface area contributed by atoms with Crippen molar-refractivity contribution in [2.75, 3.05) is 7.11 Å². The lowest BCUT2D eigenvalue weighted by Gasteiger charge is -2.11. The first-order valence-corrected chi connectivity index (χ1v) is 6.19. The zero-order valence-corrected chi connectivity index (χ0v) is 11.4. The van der Waals surface area contributed by atoms with E-state index in [1.165, 1.54) is 19.2 Å². The molecule has 1 aromatic heterocycles. The SMILES string of the molecule is C=CCC(C(=O)O)c1c(C)[nH]c2cc(F)c(OC)cc12. The van der Waals surface area contributed by atoms with Crippen LogP contribution in [0.2, 0.25) is 0 Å². The van der Waals surface area contributed by atoms with Crippen molar-refractivity contribution in [1.82, 2.24) is 4.98 Å². The number of methoxy groups -OCH3 is 1. The van der Waals surface area contributed by atoms with Gasteiger partial charge in [0.05, 0.1) is 13.0 Å². The predicted octanol–water partition coefficient (Wildman–Crippen LogP) is 3.37. The molecule has 0 radical (unpaired) electrons. The first kappa shape index (κ1) is 14.1. The number of hydrogen-bond donors (Lipinski definition) is 2. The number of aromatic amines is 1. The average molecular weight is 277 g/mol. The van der Waals surface area contributed by atoms with Gasteiger partial charge in [0, 0.05) is 22.7 Å². The van der Waals surface area contributed by atoms with Gasteiger partial charge in [-0.15, -0.1) is 6.58 Å². The number of halogens is 1. The summed E-state index contributed by atoms with van der Waals surface area (Å²) in [6.45, 7) is 5.37. The largest absolute Gasteiger partial charge is 0.494 e. The summed E-state index contributed by atoms with van der Waals surface area (Å²) < 4.78 is 18.7. The number of H-pyrrole nitrogens is 1. The molecule has 1 heterocycles. The van der Waals surface area contributed by atoms with Crippen LogP contribution in [-0.4, -0.2) is 23.2 Å². The van der Waals surface area contributed by atoms with Crippen LogP contribution in [0.4, 0.5) is 4.39 Å². The second-order valence-corrected chi connectivity index (χ2v) is 4.61. The van der Waals surface area contributed by atoms with Gasteiger partial charge < -0.3 is 14.8 Å². The summed E-state index contributed by atoms with van der Waals surface area (Å²) in [5.74, 6) is -2.03. The number of hydrogen-bond acceptors (Lipinski definition) is 2. The van der Waals surface area contributed by atoms with E-state index in [2.05, 4.69) is 11.6 Å². The van der Waals surface area contributed by atoms with Crippen LogP contribution in [0, 0.1) is 12.7 Å². The number of aliphatic carboxylic acids is 1. The fourth-order valence-corrected chi connectivity index (χ4v) is 2.47. The van der Waals surface area contributed by atoms with E-state index in [1.54, 1.807) is 13.0 Å². The van der Waals surface area contributed by atoms with Gasteiger partial charge in [-0.3, -0.25) is 4.79 Å². The van der Waals surface area contributed by atoms with Crippen molar-refractivity contribution in [3.8, 4) is 5.75 Å². The number of carboxylic acid groups (broad SMARTS) is 1. The van der Waals surface area contributed by atoms with E-state index >= 15 is 0 Å². The molecular weight excluding hydrogens is 261 g/mol. The summed E-state index contributed by atoms with van der Waals surface area (Å²) in [5, 5.41) is 10.0. The molecule has 4 nitrogen and oxygen atoms in total. The minimum Gasteiger partial charge on any atom is -0.494 e. The predicted molar refractivity (Wildman–Crippen MR) is 74.7 cm³/mol. The smallest absolute Gasteiger partial charge is 0.311 e.